The van der Waals surface area contributed by atoms with Crippen LogP contribution in [-0.2, 0) is 6.42 Å². The van der Waals surface area contributed by atoms with Crippen LogP contribution in [0, 0.1) is 5.41 Å². The molecule has 254 valence electrons. The summed E-state index contributed by atoms with van der Waals surface area (Å²) in [6.45, 7) is 24.1. The van der Waals surface area contributed by atoms with E-state index in [1.165, 1.54) is 74.6 Å². The maximum absolute atomic E-state index is 6.34. The van der Waals surface area contributed by atoms with E-state index >= 15 is 0 Å². The highest BCUT2D eigenvalue weighted by Crippen LogP contribution is 2.40. The van der Waals surface area contributed by atoms with E-state index in [4.69, 9.17) is 11.6 Å². The Morgan fingerprint density at radius 1 is 0.935 bits per heavy atom. The van der Waals surface area contributed by atoms with Gasteiger partial charge in [-0.05, 0) is 110 Å². The quantitative estimate of drug-likeness (QED) is 0.202. The van der Waals surface area contributed by atoms with Crippen molar-refractivity contribution in [2.75, 3.05) is 6.54 Å². The standard InChI is InChI=1S/C20H18ClN.C18H31N.2C2H6.CH4/c1-3-16-8-6-9-17-10-7-13-22(20(17)14-16)15(2)18-11-4-5-12-19(18)21;1-4-11-18(12-5-2,13-6-3)14-7-8-17-9-15-19-16-10-17;2*1-2;/h3-5,8-9,11-12,14H,1-2,7,10,13H2;9-10,15-16H,4-8,11-14H2,1-3H3;2*1-2H3;1H4. The molecule has 0 saturated heterocycles. The molecular weight excluding hydrogens is 580 g/mol. The van der Waals surface area contributed by atoms with E-state index < -0.39 is 0 Å². The van der Waals surface area contributed by atoms with E-state index in [-0.39, 0.29) is 7.43 Å². The molecule has 0 unspecified atom stereocenters. The molecule has 0 fully saturated rings. The van der Waals surface area contributed by atoms with Crippen molar-refractivity contribution in [2.45, 2.75) is 127 Å². The van der Waals surface area contributed by atoms with Crippen molar-refractivity contribution < 1.29 is 0 Å². The SMILES string of the molecule is C.C=CC1=CC2=C(C=C=C1)CCCN2C(=C)c1ccccc1Cl.CC.CC.CCCC(CCC)(CCC)CCCc1ccncc1. The van der Waals surface area contributed by atoms with Crippen LogP contribution in [0.4, 0.5) is 0 Å². The summed E-state index contributed by atoms with van der Waals surface area (Å²) >= 11 is 6.34. The Morgan fingerprint density at radius 3 is 2.11 bits per heavy atom. The van der Waals surface area contributed by atoms with Gasteiger partial charge in [0.2, 0.25) is 0 Å². The second-order valence-electron chi connectivity index (χ2n) is 11.4. The second-order valence-corrected chi connectivity index (χ2v) is 11.8. The van der Waals surface area contributed by atoms with Gasteiger partial charge in [-0.3, -0.25) is 4.98 Å². The van der Waals surface area contributed by atoms with Gasteiger partial charge in [0.1, 0.15) is 0 Å². The minimum absolute atomic E-state index is 0. The van der Waals surface area contributed by atoms with Gasteiger partial charge < -0.3 is 4.90 Å². The summed E-state index contributed by atoms with van der Waals surface area (Å²) in [5.41, 5.74) is 10.7. The molecule has 2 aromatic rings. The Kier molecular flexibility index (Phi) is 23.4. The van der Waals surface area contributed by atoms with Gasteiger partial charge in [-0.2, -0.15) is 0 Å². The molecule has 46 heavy (non-hydrogen) atoms. The molecular formula is C43H65ClN2. The van der Waals surface area contributed by atoms with Crippen LogP contribution in [0.15, 0.2) is 109 Å². The van der Waals surface area contributed by atoms with Gasteiger partial charge in [0.05, 0.1) is 0 Å². The number of nitrogens with zero attached hydrogens (tertiary/aromatic N) is 2. The summed E-state index contributed by atoms with van der Waals surface area (Å²) in [4.78, 5) is 6.34. The largest absolute Gasteiger partial charge is 0.341 e. The van der Waals surface area contributed by atoms with Crippen LogP contribution in [0.1, 0.15) is 131 Å². The average Bonchev–Trinajstić information content (AvgIpc) is 3.30. The monoisotopic (exact) mass is 644 g/mol. The number of hydrogen-bond acceptors (Lipinski definition) is 2. The van der Waals surface area contributed by atoms with E-state index in [1.807, 2.05) is 76.5 Å². The summed E-state index contributed by atoms with van der Waals surface area (Å²) < 4.78 is 0. The first kappa shape index (κ1) is 42.9. The van der Waals surface area contributed by atoms with Crippen LogP contribution >= 0.6 is 11.6 Å². The Hall–Kier alpha value is -3.06. The maximum Gasteiger partial charge on any atom is 0.0499 e. The summed E-state index contributed by atoms with van der Waals surface area (Å²) in [6.07, 6.45) is 26.1. The van der Waals surface area contributed by atoms with Gasteiger partial charge in [0.25, 0.3) is 0 Å². The van der Waals surface area contributed by atoms with Crippen LogP contribution in [0.2, 0.25) is 5.02 Å². The van der Waals surface area contributed by atoms with Gasteiger partial charge in [0, 0.05) is 40.9 Å². The Bertz CT molecular complexity index is 1240. The van der Waals surface area contributed by atoms with Crippen LogP contribution in [0.25, 0.3) is 5.70 Å². The topological polar surface area (TPSA) is 16.1 Å². The zero-order chi connectivity index (χ0) is 33.5. The Balaban J connectivity index is 0.000000787. The lowest BCUT2D eigenvalue weighted by Crippen LogP contribution is -2.26. The lowest BCUT2D eigenvalue weighted by Gasteiger charge is -2.34. The number of hydrogen-bond donors (Lipinski definition) is 0. The Labute approximate surface area is 289 Å². The first-order valence-electron chi connectivity index (χ1n) is 17.6. The van der Waals surface area contributed by atoms with E-state index in [0.29, 0.717) is 5.41 Å². The number of aromatic nitrogens is 1. The number of aryl methyl sites for hydroxylation is 1. The molecule has 2 nitrogen and oxygen atoms in total. The highest BCUT2D eigenvalue weighted by Gasteiger charge is 2.26. The second kappa shape index (κ2) is 25.1. The van der Waals surface area contributed by atoms with Gasteiger partial charge in [-0.1, -0.05) is 124 Å². The summed E-state index contributed by atoms with van der Waals surface area (Å²) in [5, 5.41) is 0.732. The third-order valence-electron chi connectivity index (χ3n) is 8.27. The molecule has 1 aliphatic heterocycles. The normalized spacial score (nSPS) is 13.2. The third-order valence-corrected chi connectivity index (χ3v) is 8.60. The van der Waals surface area contributed by atoms with Crippen molar-refractivity contribution in [1.29, 1.82) is 0 Å². The maximum atomic E-state index is 6.34. The zero-order valence-electron chi connectivity index (χ0n) is 29.6. The van der Waals surface area contributed by atoms with Gasteiger partial charge in [0.15, 0.2) is 0 Å². The zero-order valence-corrected chi connectivity index (χ0v) is 30.4. The molecule has 3 heteroatoms. The first-order chi connectivity index (χ1) is 22.0. The van der Waals surface area contributed by atoms with E-state index in [9.17, 15) is 0 Å². The average molecular weight is 645 g/mol. The molecule has 0 saturated carbocycles. The third kappa shape index (κ3) is 13.7. The molecule has 0 spiro atoms. The number of allylic oxidation sites excluding steroid dienone is 5. The fraction of sp³-hybridized carbons (Fsp3) is 0.488. The van der Waals surface area contributed by atoms with Crippen LogP contribution in [0.5, 0.6) is 0 Å². The molecule has 1 aliphatic carbocycles. The number of halogens is 1. The van der Waals surface area contributed by atoms with Crippen molar-refractivity contribution in [2.24, 2.45) is 5.41 Å². The van der Waals surface area contributed by atoms with Crippen LogP contribution < -0.4 is 0 Å². The van der Waals surface area contributed by atoms with Gasteiger partial charge in [-0.25, -0.2) is 0 Å². The predicted molar refractivity (Wildman–Crippen MR) is 208 cm³/mol. The fourth-order valence-corrected chi connectivity index (χ4v) is 6.65. The molecule has 2 aliphatic rings. The molecule has 4 rings (SSSR count). The summed E-state index contributed by atoms with van der Waals surface area (Å²) in [5.74, 6) is 0. The van der Waals surface area contributed by atoms with Crippen molar-refractivity contribution >= 4 is 17.3 Å². The fourth-order valence-electron chi connectivity index (χ4n) is 6.40. The molecule has 0 bridgehead atoms. The highest BCUT2D eigenvalue weighted by molar-refractivity contribution is 6.32. The smallest absolute Gasteiger partial charge is 0.0499 e. The highest BCUT2D eigenvalue weighted by atomic mass is 35.5. The number of benzene rings is 1. The number of pyridine rings is 1. The van der Waals surface area contributed by atoms with Crippen LogP contribution in [-0.4, -0.2) is 16.4 Å². The van der Waals surface area contributed by atoms with Gasteiger partial charge in [-0.15, -0.1) is 5.73 Å². The lowest BCUT2D eigenvalue weighted by atomic mass is 9.72. The summed E-state index contributed by atoms with van der Waals surface area (Å²) in [6, 6.07) is 12.2. The Morgan fingerprint density at radius 2 is 1.54 bits per heavy atom. The van der Waals surface area contributed by atoms with E-state index in [2.05, 4.69) is 73.8 Å². The molecule has 0 radical (unpaired) electrons. The molecule has 1 aromatic heterocycles. The van der Waals surface area contributed by atoms with Crippen molar-refractivity contribution in [3.63, 3.8) is 0 Å². The van der Waals surface area contributed by atoms with Crippen molar-refractivity contribution in [1.82, 2.24) is 9.88 Å². The van der Waals surface area contributed by atoms with Crippen molar-refractivity contribution in [3.8, 4) is 0 Å². The van der Waals surface area contributed by atoms with E-state index in [0.717, 1.165) is 41.2 Å². The van der Waals surface area contributed by atoms with Crippen LogP contribution in [0.3, 0.4) is 0 Å². The molecule has 0 atom stereocenters. The lowest BCUT2D eigenvalue weighted by molar-refractivity contribution is 0.188. The molecule has 0 N–H and O–H groups in total. The van der Waals surface area contributed by atoms with Crippen molar-refractivity contribution in [3.05, 3.63) is 125 Å². The number of rotatable bonds is 13. The molecule has 2 heterocycles. The predicted octanol–water partition coefficient (Wildman–Crippen LogP) is 14.0. The minimum Gasteiger partial charge on any atom is -0.341 e. The first-order valence-corrected chi connectivity index (χ1v) is 17.9. The van der Waals surface area contributed by atoms with E-state index in [1.54, 1.807) is 0 Å². The molecule has 0 amide bonds. The minimum atomic E-state index is 0. The van der Waals surface area contributed by atoms with Gasteiger partial charge >= 0.3 is 0 Å². The molecule has 1 aromatic carbocycles. The summed E-state index contributed by atoms with van der Waals surface area (Å²) in [7, 11) is 0.